The lowest BCUT2D eigenvalue weighted by molar-refractivity contribution is -0.122. The Morgan fingerprint density at radius 3 is 2.75 bits per heavy atom. The summed E-state index contributed by atoms with van der Waals surface area (Å²) >= 11 is 0. The summed E-state index contributed by atoms with van der Waals surface area (Å²) in [4.78, 5) is 29.7. The van der Waals surface area contributed by atoms with Gasteiger partial charge in [-0.2, -0.15) is 0 Å². The lowest BCUT2D eigenvalue weighted by Crippen LogP contribution is -2.28. The fraction of sp³-hybridized carbons (Fsp3) is 0.158. The Morgan fingerprint density at radius 1 is 1.08 bits per heavy atom. The second kappa shape index (κ2) is 5.85. The summed E-state index contributed by atoms with van der Waals surface area (Å²) < 4.78 is 0. The van der Waals surface area contributed by atoms with Crippen LogP contribution in [0, 0.1) is 5.92 Å². The molecule has 24 heavy (non-hydrogen) atoms. The Hall–Kier alpha value is -3.08. The minimum Gasteiger partial charge on any atom is -0.361 e. The van der Waals surface area contributed by atoms with E-state index in [1.165, 1.54) is 0 Å². The molecule has 5 nitrogen and oxygen atoms in total. The predicted molar refractivity (Wildman–Crippen MR) is 93.8 cm³/mol. The number of amides is 2. The normalized spacial score (nSPS) is 17.4. The number of aromatic amines is 1. The Balaban J connectivity index is 1.52. The zero-order valence-electron chi connectivity index (χ0n) is 13.0. The van der Waals surface area contributed by atoms with Gasteiger partial charge in [0.05, 0.1) is 11.6 Å². The van der Waals surface area contributed by atoms with Crippen LogP contribution < -0.4 is 10.2 Å². The van der Waals surface area contributed by atoms with E-state index in [0.717, 1.165) is 22.3 Å². The monoisotopic (exact) mass is 319 g/mol. The maximum Gasteiger partial charge on any atom is 0.229 e. The number of para-hydroxylation sites is 1. The molecule has 1 aliphatic rings. The molecule has 1 atom stereocenters. The second-order valence-corrected chi connectivity index (χ2v) is 5.97. The molecule has 0 radical (unpaired) electrons. The Labute approximate surface area is 139 Å². The molecule has 3 aromatic rings. The quantitative estimate of drug-likeness (QED) is 0.779. The van der Waals surface area contributed by atoms with Crippen LogP contribution in [0.15, 0.2) is 60.8 Å². The molecule has 0 spiro atoms. The van der Waals surface area contributed by atoms with Crippen molar-refractivity contribution in [1.29, 1.82) is 0 Å². The largest absolute Gasteiger partial charge is 0.361 e. The average Bonchev–Trinajstić information content (AvgIpc) is 3.23. The maximum atomic E-state index is 12.6. The summed E-state index contributed by atoms with van der Waals surface area (Å²) in [5, 5.41) is 3.94. The fourth-order valence-corrected chi connectivity index (χ4v) is 3.17. The summed E-state index contributed by atoms with van der Waals surface area (Å²) in [6.07, 6.45) is 2.08. The van der Waals surface area contributed by atoms with Gasteiger partial charge in [-0.05, 0) is 30.3 Å². The second-order valence-electron chi connectivity index (χ2n) is 5.97. The van der Waals surface area contributed by atoms with Crippen molar-refractivity contribution in [1.82, 2.24) is 4.98 Å². The van der Waals surface area contributed by atoms with E-state index in [4.69, 9.17) is 0 Å². The molecule has 1 fully saturated rings. The lowest BCUT2D eigenvalue weighted by Gasteiger charge is -2.16. The minimum absolute atomic E-state index is 0.0128. The van der Waals surface area contributed by atoms with Crippen LogP contribution in [0.2, 0.25) is 0 Å². The predicted octanol–water partition coefficient (Wildman–Crippen LogP) is 3.16. The molecule has 2 amide bonds. The van der Waals surface area contributed by atoms with Gasteiger partial charge in [-0.3, -0.25) is 9.59 Å². The summed E-state index contributed by atoms with van der Waals surface area (Å²) in [6, 6.07) is 17.1. The number of aromatic nitrogens is 1. The smallest absolute Gasteiger partial charge is 0.229 e. The number of rotatable bonds is 3. The van der Waals surface area contributed by atoms with Crippen molar-refractivity contribution >= 4 is 34.1 Å². The highest BCUT2D eigenvalue weighted by molar-refractivity contribution is 6.06. The molecule has 1 aliphatic heterocycles. The summed E-state index contributed by atoms with van der Waals surface area (Å²) in [5.74, 6) is -0.469. The average molecular weight is 319 g/mol. The first-order valence-corrected chi connectivity index (χ1v) is 7.95. The molecule has 5 heteroatoms. The first kappa shape index (κ1) is 14.5. The molecule has 4 rings (SSSR count). The van der Waals surface area contributed by atoms with E-state index in [9.17, 15) is 9.59 Å². The molecule has 1 saturated heterocycles. The van der Waals surface area contributed by atoms with Gasteiger partial charge in [-0.15, -0.1) is 0 Å². The van der Waals surface area contributed by atoms with E-state index >= 15 is 0 Å². The van der Waals surface area contributed by atoms with Crippen molar-refractivity contribution < 1.29 is 9.59 Å². The van der Waals surface area contributed by atoms with Crippen molar-refractivity contribution in [3.63, 3.8) is 0 Å². The molecule has 120 valence electrons. The molecule has 0 unspecified atom stereocenters. The van der Waals surface area contributed by atoms with Gasteiger partial charge < -0.3 is 15.2 Å². The van der Waals surface area contributed by atoms with Crippen LogP contribution in [0.3, 0.4) is 0 Å². The van der Waals surface area contributed by atoms with Crippen molar-refractivity contribution in [3.05, 3.63) is 60.8 Å². The van der Waals surface area contributed by atoms with Crippen LogP contribution in [-0.4, -0.2) is 23.3 Å². The van der Waals surface area contributed by atoms with Crippen molar-refractivity contribution in [2.75, 3.05) is 16.8 Å². The molecule has 2 N–H and O–H groups in total. The zero-order chi connectivity index (χ0) is 16.5. The van der Waals surface area contributed by atoms with Crippen molar-refractivity contribution in [2.45, 2.75) is 6.42 Å². The van der Waals surface area contributed by atoms with Gasteiger partial charge in [0.2, 0.25) is 11.8 Å². The molecule has 0 saturated carbocycles. The molecular formula is C19H17N3O2. The number of hydrogen-bond acceptors (Lipinski definition) is 2. The first-order valence-electron chi connectivity index (χ1n) is 7.95. The number of H-pyrrole nitrogens is 1. The number of hydrogen-bond donors (Lipinski definition) is 2. The standard InChI is InChI=1S/C19H17N3O2/c23-18-11-13(12-22(18)14-5-2-1-3-6-14)19(24)21-17-8-4-7-16-15(17)9-10-20-16/h1-10,13,20H,11-12H2,(H,21,24)/t13-/m1/s1. The number of anilines is 2. The van der Waals surface area contributed by atoms with Gasteiger partial charge >= 0.3 is 0 Å². The van der Waals surface area contributed by atoms with Crippen LogP contribution >= 0.6 is 0 Å². The summed E-state index contributed by atoms with van der Waals surface area (Å²) in [6.45, 7) is 0.414. The highest BCUT2D eigenvalue weighted by atomic mass is 16.2. The number of carbonyl (C=O) groups excluding carboxylic acids is 2. The topological polar surface area (TPSA) is 65.2 Å². The molecular weight excluding hydrogens is 302 g/mol. The van der Waals surface area contributed by atoms with Crippen LogP contribution in [0.4, 0.5) is 11.4 Å². The van der Waals surface area contributed by atoms with Gasteiger partial charge in [0.15, 0.2) is 0 Å². The van der Waals surface area contributed by atoms with E-state index < -0.39 is 0 Å². The van der Waals surface area contributed by atoms with Gasteiger partial charge in [0.25, 0.3) is 0 Å². The Bertz CT molecular complexity index is 901. The Morgan fingerprint density at radius 2 is 1.92 bits per heavy atom. The third kappa shape index (κ3) is 2.54. The number of nitrogens with one attached hydrogen (secondary N) is 2. The third-order valence-electron chi connectivity index (χ3n) is 4.42. The van der Waals surface area contributed by atoms with E-state index in [0.29, 0.717) is 6.54 Å². The van der Waals surface area contributed by atoms with Gasteiger partial charge in [-0.25, -0.2) is 0 Å². The van der Waals surface area contributed by atoms with Gasteiger partial charge in [0, 0.05) is 35.8 Å². The zero-order valence-corrected chi connectivity index (χ0v) is 13.0. The van der Waals surface area contributed by atoms with Crippen LogP contribution in [0.5, 0.6) is 0 Å². The van der Waals surface area contributed by atoms with Gasteiger partial charge in [0.1, 0.15) is 0 Å². The number of carbonyl (C=O) groups is 2. The van der Waals surface area contributed by atoms with E-state index in [-0.39, 0.29) is 24.2 Å². The minimum atomic E-state index is -0.341. The highest BCUT2D eigenvalue weighted by Crippen LogP contribution is 2.27. The molecule has 0 bridgehead atoms. The molecule has 2 heterocycles. The number of nitrogens with zero attached hydrogens (tertiary/aromatic N) is 1. The van der Waals surface area contributed by atoms with E-state index in [1.54, 1.807) is 4.90 Å². The Kier molecular flexibility index (Phi) is 3.54. The number of fused-ring (bicyclic) bond motifs is 1. The van der Waals surface area contributed by atoms with E-state index in [2.05, 4.69) is 10.3 Å². The van der Waals surface area contributed by atoms with Crippen LogP contribution in [-0.2, 0) is 9.59 Å². The molecule has 2 aromatic carbocycles. The fourth-order valence-electron chi connectivity index (χ4n) is 3.17. The lowest BCUT2D eigenvalue weighted by atomic mass is 10.1. The molecule has 0 aliphatic carbocycles. The number of benzene rings is 2. The summed E-state index contributed by atoms with van der Waals surface area (Å²) in [5.41, 5.74) is 2.58. The maximum absolute atomic E-state index is 12.6. The van der Waals surface area contributed by atoms with Crippen molar-refractivity contribution in [2.24, 2.45) is 5.92 Å². The van der Waals surface area contributed by atoms with Gasteiger partial charge in [-0.1, -0.05) is 24.3 Å². The highest BCUT2D eigenvalue weighted by Gasteiger charge is 2.35. The first-order chi connectivity index (χ1) is 11.7. The molecule has 1 aromatic heterocycles. The van der Waals surface area contributed by atoms with Crippen LogP contribution in [0.1, 0.15) is 6.42 Å². The SMILES string of the molecule is O=C(Nc1cccc2[nH]ccc12)[C@@H]1CC(=O)N(c2ccccc2)C1. The van der Waals surface area contributed by atoms with E-state index in [1.807, 2.05) is 60.8 Å². The van der Waals surface area contributed by atoms with Crippen LogP contribution in [0.25, 0.3) is 10.9 Å². The van der Waals surface area contributed by atoms with Crippen molar-refractivity contribution in [3.8, 4) is 0 Å². The third-order valence-corrected chi connectivity index (χ3v) is 4.42. The summed E-state index contributed by atoms with van der Waals surface area (Å²) in [7, 11) is 0.